The van der Waals surface area contributed by atoms with Crippen LogP contribution in [0.3, 0.4) is 0 Å². The van der Waals surface area contributed by atoms with E-state index in [1.165, 1.54) is 24.2 Å². The Morgan fingerprint density at radius 2 is 1.71 bits per heavy atom. The average molecular weight is 481 g/mol. The predicted molar refractivity (Wildman–Crippen MR) is 135 cm³/mol. The molecule has 1 saturated carbocycles. The second kappa shape index (κ2) is 10.7. The van der Waals surface area contributed by atoms with Crippen LogP contribution < -0.4 is 0 Å². The highest BCUT2D eigenvalue weighted by molar-refractivity contribution is 7.99. The van der Waals surface area contributed by atoms with Gasteiger partial charge in [0.25, 0.3) is 0 Å². The van der Waals surface area contributed by atoms with Gasteiger partial charge in [-0.3, -0.25) is 9.36 Å². The molecule has 1 aliphatic rings. The Hall–Kier alpha value is -2.67. The third-order valence-electron chi connectivity index (χ3n) is 6.34. The summed E-state index contributed by atoms with van der Waals surface area (Å²) in [6.07, 6.45) is 5.52. The molecule has 0 unspecified atom stereocenters. The van der Waals surface area contributed by atoms with E-state index in [2.05, 4.69) is 35.5 Å². The number of benzene rings is 2. The monoisotopic (exact) mass is 480 g/mol. The molecule has 2 aromatic carbocycles. The Kier molecular flexibility index (Phi) is 7.71. The largest absolute Gasteiger partial charge is 0.333 e. The maximum Gasteiger partial charge on any atom is 0.233 e. The second-order valence-corrected chi connectivity index (χ2v) is 10.8. The van der Waals surface area contributed by atoms with E-state index in [0.717, 1.165) is 31.2 Å². The summed E-state index contributed by atoms with van der Waals surface area (Å²) in [5.74, 6) is 0.553. The zero-order chi connectivity index (χ0) is 24.1. The first-order valence-electron chi connectivity index (χ1n) is 12.0. The van der Waals surface area contributed by atoms with Crippen molar-refractivity contribution >= 4 is 17.7 Å². The number of thioether (sulfide) groups is 1. The number of aromatic nitrogens is 3. The van der Waals surface area contributed by atoms with Gasteiger partial charge in [0, 0.05) is 18.1 Å². The lowest BCUT2D eigenvalue weighted by Crippen LogP contribution is -2.46. The van der Waals surface area contributed by atoms with Crippen molar-refractivity contribution in [3.8, 4) is 11.4 Å². The quantitative estimate of drug-likeness (QED) is 0.362. The molecule has 0 aliphatic heterocycles. The third-order valence-corrected chi connectivity index (χ3v) is 7.27. The minimum Gasteiger partial charge on any atom is -0.333 e. The van der Waals surface area contributed by atoms with Crippen LogP contribution in [0.25, 0.3) is 11.4 Å². The van der Waals surface area contributed by atoms with Gasteiger partial charge in [0.1, 0.15) is 5.82 Å². The molecule has 7 heteroatoms. The van der Waals surface area contributed by atoms with Gasteiger partial charge in [0.05, 0.1) is 11.3 Å². The molecule has 0 atom stereocenters. The highest BCUT2D eigenvalue weighted by Crippen LogP contribution is 2.36. The Bertz CT molecular complexity index is 1100. The topological polar surface area (TPSA) is 51.0 Å². The van der Waals surface area contributed by atoms with Crippen LogP contribution in [0.4, 0.5) is 4.39 Å². The normalized spacial score (nSPS) is 14.8. The molecule has 0 spiro atoms. The Morgan fingerprint density at radius 1 is 1.03 bits per heavy atom. The summed E-state index contributed by atoms with van der Waals surface area (Å²) in [6.45, 7) is 6.72. The molecule has 3 aromatic rings. The maximum absolute atomic E-state index is 14.6. The zero-order valence-corrected chi connectivity index (χ0v) is 21.0. The van der Waals surface area contributed by atoms with Crippen molar-refractivity contribution in [1.29, 1.82) is 0 Å². The number of halogens is 1. The molecular formula is C27H33FN4OS. The molecule has 1 aliphatic carbocycles. The van der Waals surface area contributed by atoms with Crippen LogP contribution in [0.5, 0.6) is 0 Å². The van der Waals surface area contributed by atoms with Crippen molar-refractivity contribution < 1.29 is 9.18 Å². The van der Waals surface area contributed by atoms with Crippen LogP contribution in [0.15, 0.2) is 59.8 Å². The minimum atomic E-state index is -0.317. The Labute approximate surface area is 205 Å². The molecule has 1 aromatic heterocycles. The number of carbonyl (C=O) groups is 1. The number of amides is 1. The van der Waals surface area contributed by atoms with Crippen LogP contribution >= 0.6 is 11.8 Å². The fourth-order valence-electron chi connectivity index (χ4n) is 4.54. The summed E-state index contributed by atoms with van der Waals surface area (Å²) in [5, 5.41) is 9.50. The number of nitrogens with zero attached hydrogens (tertiary/aromatic N) is 4. The lowest BCUT2D eigenvalue weighted by atomic mass is 9.95. The summed E-state index contributed by atoms with van der Waals surface area (Å²) in [6, 6.07) is 17.0. The lowest BCUT2D eigenvalue weighted by Gasteiger charge is -2.36. The molecule has 0 radical (unpaired) electrons. The van der Waals surface area contributed by atoms with E-state index in [-0.39, 0.29) is 29.1 Å². The fourth-order valence-corrected chi connectivity index (χ4v) is 5.42. The molecule has 1 amide bonds. The summed E-state index contributed by atoms with van der Waals surface area (Å²) in [7, 11) is 0. The number of hydrogen-bond acceptors (Lipinski definition) is 4. The maximum atomic E-state index is 14.6. The van der Waals surface area contributed by atoms with Crippen molar-refractivity contribution in [2.24, 2.45) is 0 Å². The lowest BCUT2D eigenvalue weighted by molar-refractivity contribution is -0.133. The van der Waals surface area contributed by atoms with Crippen LogP contribution in [0.1, 0.15) is 64.5 Å². The van der Waals surface area contributed by atoms with Crippen molar-refractivity contribution in [2.45, 2.75) is 76.2 Å². The van der Waals surface area contributed by atoms with Gasteiger partial charge >= 0.3 is 0 Å². The summed E-state index contributed by atoms with van der Waals surface area (Å²) < 4.78 is 16.7. The van der Waals surface area contributed by atoms with E-state index in [1.807, 2.05) is 41.3 Å². The van der Waals surface area contributed by atoms with Crippen molar-refractivity contribution in [3.63, 3.8) is 0 Å². The van der Waals surface area contributed by atoms with Gasteiger partial charge in [-0.05, 0) is 51.3 Å². The zero-order valence-electron chi connectivity index (χ0n) is 20.2. The van der Waals surface area contributed by atoms with E-state index >= 15 is 0 Å². The average Bonchev–Trinajstić information content (AvgIpc) is 3.25. The molecule has 5 nitrogen and oxygen atoms in total. The SMILES string of the molecule is CC(C)(C)N(Cc1ccccc1)C(=O)CSc1nnc(-c2ccccc2F)n1C1CCCCC1. The van der Waals surface area contributed by atoms with Gasteiger partial charge in [-0.1, -0.05) is 73.5 Å². The van der Waals surface area contributed by atoms with E-state index in [0.29, 0.717) is 23.1 Å². The number of rotatable bonds is 7. The van der Waals surface area contributed by atoms with Crippen molar-refractivity contribution in [2.75, 3.05) is 5.75 Å². The molecule has 0 N–H and O–H groups in total. The van der Waals surface area contributed by atoms with Crippen molar-refractivity contribution in [1.82, 2.24) is 19.7 Å². The van der Waals surface area contributed by atoms with Crippen LogP contribution in [-0.2, 0) is 11.3 Å². The van der Waals surface area contributed by atoms with Gasteiger partial charge in [-0.2, -0.15) is 0 Å². The smallest absolute Gasteiger partial charge is 0.233 e. The standard InChI is InChI=1S/C27H33FN4OS/c1-27(2,3)31(18-20-12-6-4-7-13-20)24(33)19-34-26-30-29-25(22-16-10-11-17-23(22)28)32(26)21-14-8-5-9-15-21/h4,6-7,10-13,16-17,21H,5,8-9,14-15,18-19H2,1-3H3. The molecule has 0 bridgehead atoms. The number of carbonyl (C=O) groups excluding carboxylic acids is 1. The predicted octanol–water partition coefficient (Wildman–Crippen LogP) is 6.51. The van der Waals surface area contributed by atoms with E-state index in [1.54, 1.807) is 12.1 Å². The summed E-state index contributed by atoms with van der Waals surface area (Å²) in [4.78, 5) is 15.3. The molecule has 1 heterocycles. The highest BCUT2D eigenvalue weighted by Gasteiger charge is 2.29. The van der Waals surface area contributed by atoms with Gasteiger partial charge < -0.3 is 4.90 Å². The second-order valence-electron chi connectivity index (χ2n) is 9.87. The fraction of sp³-hybridized carbons (Fsp3) is 0.444. The van der Waals surface area contributed by atoms with Crippen molar-refractivity contribution in [3.05, 3.63) is 66.0 Å². The number of hydrogen-bond donors (Lipinski definition) is 0. The molecule has 180 valence electrons. The molecule has 4 rings (SSSR count). The first-order chi connectivity index (χ1) is 16.3. The third kappa shape index (κ3) is 5.69. The van der Waals surface area contributed by atoms with E-state index < -0.39 is 0 Å². The van der Waals surface area contributed by atoms with E-state index in [4.69, 9.17) is 0 Å². The van der Waals surface area contributed by atoms with Crippen LogP contribution in [-0.4, -0.2) is 36.9 Å². The Balaban J connectivity index is 1.58. The van der Waals surface area contributed by atoms with Gasteiger partial charge in [-0.25, -0.2) is 4.39 Å². The molecule has 1 fully saturated rings. The van der Waals surface area contributed by atoms with Crippen LogP contribution in [0, 0.1) is 5.82 Å². The highest BCUT2D eigenvalue weighted by atomic mass is 32.2. The first-order valence-corrected chi connectivity index (χ1v) is 13.0. The first kappa shape index (κ1) is 24.5. The summed E-state index contributed by atoms with van der Waals surface area (Å²) in [5.41, 5.74) is 1.24. The molecular weight excluding hydrogens is 447 g/mol. The minimum absolute atomic E-state index is 0.0481. The van der Waals surface area contributed by atoms with Crippen LogP contribution in [0.2, 0.25) is 0 Å². The van der Waals surface area contributed by atoms with Gasteiger partial charge in [-0.15, -0.1) is 10.2 Å². The Morgan fingerprint density at radius 3 is 2.38 bits per heavy atom. The van der Waals surface area contributed by atoms with Gasteiger partial charge in [0.15, 0.2) is 11.0 Å². The molecule has 0 saturated heterocycles. The molecule has 34 heavy (non-hydrogen) atoms. The van der Waals surface area contributed by atoms with Gasteiger partial charge in [0.2, 0.25) is 5.91 Å². The van der Waals surface area contributed by atoms with E-state index in [9.17, 15) is 9.18 Å². The summed E-state index contributed by atoms with van der Waals surface area (Å²) >= 11 is 1.40.